The molecule has 0 aromatic heterocycles. The van der Waals surface area contributed by atoms with Crippen molar-refractivity contribution in [1.82, 2.24) is 0 Å². The van der Waals surface area contributed by atoms with E-state index in [1.807, 2.05) is 0 Å². The summed E-state index contributed by atoms with van der Waals surface area (Å²) in [4.78, 5) is 22.2. The van der Waals surface area contributed by atoms with E-state index in [1.165, 1.54) is 6.08 Å². The van der Waals surface area contributed by atoms with Gasteiger partial charge in [0.05, 0.1) is 6.61 Å². The molecule has 0 aliphatic heterocycles. The fraction of sp³-hybridized carbons (Fsp3) is 0.333. The van der Waals surface area contributed by atoms with Crippen LogP contribution in [-0.4, -0.2) is 18.4 Å². The minimum absolute atomic E-state index is 0.152. The van der Waals surface area contributed by atoms with Crippen LogP contribution in [0.25, 0.3) is 0 Å². The number of ether oxygens (including phenoxy) is 1. The summed E-state index contributed by atoms with van der Waals surface area (Å²) >= 11 is 0. The number of esters is 1. The summed E-state index contributed by atoms with van der Waals surface area (Å²) in [5, 5.41) is 0. The molecule has 3 nitrogen and oxygen atoms in total. The number of rotatable bonds is 2. The van der Waals surface area contributed by atoms with E-state index in [-0.39, 0.29) is 11.4 Å². The number of hydrogen-bond acceptors (Lipinski definition) is 3. The van der Waals surface area contributed by atoms with Gasteiger partial charge in [0.15, 0.2) is 5.78 Å². The molecule has 0 unspecified atom stereocenters. The number of ketones is 1. The molecular formula is C9H10O3. The molecule has 1 aliphatic carbocycles. The van der Waals surface area contributed by atoms with Gasteiger partial charge in [-0.1, -0.05) is 12.2 Å². The van der Waals surface area contributed by atoms with Crippen LogP contribution in [0.2, 0.25) is 0 Å². The van der Waals surface area contributed by atoms with Gasteiger partial charge in [0.1, 0.15) is 5.57 Å². The molecule has 0 aromatic carbocycles. The average Bonchev–Trinajstić information content (AvgIpc) is 2.05. The summed E-state index contributed by atoms with van der Waals surface area (Å²) < 4.78 is 4.69. The largest absolute Gasteiger partial charge is 0.462 e. The normalized spacial score (nSPS) is 15.8. The first-order chi connectivity index (χ1) is 5.75. The summed E-state index contributed by atoms with van der Waals surface area (Å²) in [6.07, 6.45) is 5.19. The third-order valence-corrected chi connectivity index (χ3v) is 1.50. The highest BCUT2D eigenvalue weighted by atomic mass is 16.5. The summed E-state index contributed by atoms with van der Waals surface area (Å²) in [5.41, 5.74) is 0.152. The molecule has 0 spiro atoms. The molecule has 0 amide bonds. The number of hydrogen-bond donors (Lipinski definition) is 0. The maximum Gasteiger partial charge on any atom is 0.341 e. The van der Waals surface area contributed by atoms with Gasteiger partial charge in [0.25, 0.3) is 0 Å². The van der Waals surface area contributed by atoms with Crippen LogP contribution in [0.5, 0.6) is 0 Å². The fourth-order valence-corrected chi connectivity index (χ4v) is 0.933. The molecule has 12 heavy (non-hydrogen) atoms. The Labute approximate surface area is 70.7 Å². The second kappa shape index (κ2) is 3.85. The van der Waals surface area contributed by atoms with Gasteiger partial charge in [0, 0.05) is 6.42 Å². The van der Waals surface area contributed by atoms with E-state index in [9.17, 15) is 9.59 Å². The van der Waals surface area contributed by atoms with Crippen molar-refractivity contribution < 1.29 is 14.3 Å². The molecule has 0 saturated carbocycles. The van der Waals surface area contributed by atoms with Gasteiger partial charge < -0.3 is 4.74 Å². The van der Waals surface area contributed by atoms with Crippen molar-refractivity contribution >= 4 is 11.8 Å². The van der Waals surface area contributed by atoms with Crippen LogP contribution in [0.15, 0.2) is 23.8 Å². The van der Waals surface area contributed by atoms with Crippen molar-refractivity contribution in [3.63, 3.8) is 0 Å². The zero-order chi connectivity index (χ0) is 8.97. The second-order valence-electron chi connectivity index (χ2n) is 2.36. The SMILES string of the molecule is CCOC(=O)C1=CC=CCC1=O. The second-order valence-corrected chi connectivity index (χ2v) is 2.36. The maximum absolute atomic E-state index is 11.1. The van der Waals surface area contributed by atoms with Gasteiger partial charge in [-0.05, 0) is 13.0 Å². The molecule has 1 rings (SSSR count). The topological polar surface area (TPSA) is 43.4 Å². The Morgan fingerprint density at radius 1 is 1.67 bits per heavy atom. The number of allylic oxidation sites excluding steroid dienone is 3. The number of carbonyl (C=O) groups is 2. The highest BCUT2D eigenvalue weighted by Crippen LogP contribution is 2.09. The van der Waals surface area contributed by atoms with Gasteiger partial charge in [-0.25, -0.2) is 4.79 Å². The molecule has 0 bridgehead atoms. The molecule has 0 N–H and O–H groups in total. The van der Waals surface area contributed by atoms with Crippen molar-refractivity contribution in [2.75, 3.05) is 6.61 Å². The Balaban J connectivity index is 2.72. The Kier molecular flexibility index (Phi) is 2.80. The lowest BCUT2D eigenvalue weighted by Crippen LogP contribution is -2.16. The monoisotopic (exact) mass is 166 g/mol. The van der Waals surface area contributed by atoms with Gasteiger partial charge >= 0.3 is 5.97 Å². The zero-order valence-electron chi connectivity index (χ0n) is 6.87. The highest BCUT2D eigenvalue weighted by molar-refractivity contribution is 6.18. The van der Waals surface area contributed by atoms with Crippen LogP contribution in [0.1, 0.15) is 13.3 Å². The molecule has 0 saturated heterocycles. The Bertz CT molecular complexity index is 261. The lowest BCUT2D eigenvalue weighted by molar-refractivity contribution is -0.140. The van der Waals surface area contributed by atoms with Crippen molar-refractivity contribution in [2.45, 2.75) is 13.3 Å². The summed E-state index contributed by atoms with van der Waals surface area (Å²) in [7, 11) is 0. The maximum atomic E-state index is 11.1. The van der Waals surface area contributed by atoms with Crippen LogP contribution in [0.4, 0.5) is 0 Å². The first kappa shape index (κ1) is 8.71. The van der Waals surface area contributed by atoms with E-state index in [1.54, 1.807) is 19.1 Å². The van der Waals surface area contributed by atoms with Gasteiger partial charge in [-0.15, -0.1) is 0 Å². The molecule has 0 atom stereocenters. The van der Waals surface area contributed by atoms with E-state index >= 15 is 0 Å². The Morgan fingerprint density at radius 2 is 2.42 bits per heavy atom. The first-order valence-corrected chi connectivity index (χ1v) is 3.83. The minimum Gasteiger partial charge on any atom is -0.462 e. The van der Waals surface area contributed by atoms with Crippen LogP contribution in [0.3, 0.4) is 0 Å². The zero-order valence-corrected chi connectivity index (χ0v) is 6.87. The average molecular weight is 166 g/mol. The van der Waals surface area contributed by atoms with Crippen molar-refractivity contribution in [2.24, 2.45) is 0 Å². The number of Topliss-reactive ketones (excluding diaryl/α,β-unsaturated/α-hetero) is 1. The van der Waals surface area contributed by atoms with Gasteiger partial charge in [-0.3, -0.25) is 4.79 Å². The molecule has 0 heterocycles. The third-order valence-electron chi connectivity index (χ3n) is 1.50. The standard InChI is InChI=1S/C9H10O3/c1-2-12-9(11)7-5-3-4-6-8(7)10/h3-5H,2,6H2,1H3. The van der Waals surface area contributed by atoms with E-state index in [0.29, 0.717) is 13.0 Å². The Morgan fingerprint density at radius 3 is 3.00 bits per heavy atom. The number of carbonyl (C=O) groups excluding carboxylic acids is 2. The minimum atomic E-state index is -0.521. The fourth-order valence-electron chi connectivity index (χ4n) is 0.933. The van der Waals surface area contributed by atoms with Crippen LogP contribution in [0, 0.1) is 0 Å². The third kappa shape index (κ3) is 1.81. The summed E-state index contributed by atoms with van der Waals surface area (Å²) in [6, 6.07) is 0. The smallest absolute Gasteiger partial charge is 0.341 e. The molecule has 1 aliphatic rings. The molecule has 3 heteroatoms. The summed E-state index contributed by atoms with van der Waals surface area (Å²) in [6.45, 7) is 2.01. The van der Waals surface area contributed by atoms with Crippen molar-refractivity contribution in [3.8, 4) is 0 Å². The Hall–Kier alpha value is -1.38. The molecule has 0 radical (unpaired) electrons. The van der Waals surface area contributed by atoms with Crippen molar-refractivity contribution in [3.05, 3.63) is 23.8 Å². The lowest BCUT2D eigenvalue weighted by Gasteiger charge is -2.05. The quantitative estimate of drug-likeness (QED) is 0.454. The predicted molar refractivity (Wildman–Crippen MR) is 43.5 cm³/mol. The molecule has 64 valence electrons. The van der Waals surface area contributed by atoms with Crippen LogP contribution < -0.4 is 0 Å². The predicted octanol–water partition coefficient (Wildman–Crippen LogP) is 1.00. The first-order valence-electron chi connectivity index (χ1n) is 3.83. The molecular weight excluding hydrogens is 156 g/mol. The van der Waals surface area contributed by atoms with E-state index in [4.69, 9.17) is 0 Å². The van der Waals surface area contributed by atoms with E-state index in [2.05, 4.69) is 4.74 Å². The van der Waals surface area contributed by atoms with Gasteiger partial charge in [-0.2, -0.15) is 0 Å². The molecule has 0 fully saturated rings. The van der Waals surface area contributed by atoms with Gasteiger partial charge in [0.2, 0.25) is 0 Å². The van der Waals surface area contributed by atoms with Crippen molar-refractivity contribution in [1.29, 1.82) is 0 Å². The van der Waals surface area contributed by atoms with Crippen LogP contribution >= 0.6 is 0 Å². The van der Waals surface area contributed by atoms with Crippen LogP contribution in [-0.2, 0) is 14.3 Å². The summed E-state index contributed by atoms with van der Waals surface area (Å²) in [5.74, 6) is -0.692. The highest BCUT2D eigenvalue weighted by Gasteiger charge is 2.18. The van der Waals surface area contributed by atoms with E-state index in [0.717, 1.165) is 0 Å². The molecule has 0 aromatic rings. The van der Waals surface area contributed by atoms with E-state index < -0.39 is 5.97 Å². The lowest BCUT2D eigenvalue weighted by atomic mass is 10.0.